The van der Waals surface area contributed by atoms with Gasteiger partial charge in [-0.1, -0.05) is 25.2 Å². The number of benzene rings is 1. The van der Waals surface area contributed by atoms with Gasteiger partial charge in [0, 0.05) is 75.6 Å². The van der Waals surface area contributed by atoms with Crippen LogP contribution in [0.3, 0.4) is 0 Å². The number of fused-ring (bicyclic) bond motifs is 2. The van der Waals surface area contributed by atoms with E-state index in [9.17, 15) is 19.5 Å². The highest BCUT2D eigenvalue weighted by Crippen LogP contribution is 2.47. The minimum absolute atomic E-state index is 0.0700. The first-order chi connectivity index (χ1) is 17.7. The molecule has 3 aliphatic rings. The third-order valence-electron chi connectivity index (χ3n) is 7.64. The Morgan fingerprint density at radius 2 is 1.76 bits per heavy atom. The van der Waals surface area contributed by atoms with Gasteiger partial charge in [-0.25, -0.2) is 0 Å². The Hall–Kier alpha value is -2.68. The number of carbonyl (C=O) groups is 3. The summed E-state index contributed by atoms with van der Waals surface area (Å²) in [6.45, 7) is 9.42. The van der Waals surface area contributed by atoms with Gasteiger partial charge in [-0.3, -0.25) is 19.3 Å². The largest absolute Gasteiger partial charge is 0.390 e. The van der Waals surface area contributed by atoms with E-state index in [4.69, 9.17) is 11.6 Å². The molecular weight excluding hydrogens is 492 g/mol. The summed E-state index contributed by atoms with van der Waals surface area (Å²) >= 11 is 5.98. The maximum atomic E-state index is 13.9. The van der Waals surface area contributed by atoms with E-state index in [1.807, 2.05) is 37.0 Å². The van der Waals surface area contributed by atoms with Crippen molar-refractivity contribution in [2.75, 3.05) is 62.3 Å². The minimum Gasteiger partial charge on any atom is -0.390 e. The summed E-state index contributed by atoms with van der Waals surface area (Å²) in [7, 11) is 0. The zero-order chi connectivity index (χ0) is 26.7. The first-order valence-electron chi connectivity index (χ1n) is 13.0. The molecule has 0 aromatic heterocycles. The molecule has 1 aromatic rings. The Bertz CT molecular complexity index is 1130. The van der Waals surface area contributed by atoms with Crippen molar-refractivity contribution in [1.82, 2.24) is 9.80 Å². The molecule has 0 bridgehead atoms. The molecule has 200 valence electrons. The van der Waals surface area contributed by atoms with Gasteiger partial charge in [0.05, 0.1) is 22.6 Å². The molecule has 3 atom stereocenters. The van der Waals surface area contributed by atoms with Gasteiger partial charge in [0.25, 0.3) is 0 Å². The molecule has 0 spiro atoms. The van der Waals surface area contributed by atoms with E-state index in [1.165, 1.54) is 0 Å². The van der Waals surface area contributed by atoms with E-state index in [0.29, 0.717) is 79.6 Å². The number of carbonyl (C=O) groups excluding carboxylic acids is 3. The van der Waals surface area contributed by atoms with Crippen molar-refractivity contribution >= 4 is 40.4 Å². The van der Waals surface area contributed by atoms with Crippen molar-refractivity contribution in [3.63, 3.8) is 0 Å². The highest BCUT2D eigenvalue weighted by molar-refractivity contribution is 6.29. The fourth-order valence-electron chi connectivity index (χ4n) is 5.26. The zero-order valence-corrected chi connectivity index (χ0v) is 22.6. The molecule has 0 radical (unpaired) electrons. The molecule has 1 heterocycles. The van der Waals surface area contributed by atoms with Crippen LogP contribution in [0.25, 0.3) is 0 Å². The number of nitrogens with one attached hydrogen (secondary N) is 2. The van der Waals surface area contributed by atoms with Crippen LogP contribution < -0.4 is 10.6 Å². The van der Waals surface area contributed by atoms with Crippen molar-refractivity contribution in [2.24, 2.45) is 11.3 Å². The highest BCUT2D eigenvalue weighted by atomic mass is 35.5. The standard InChI is InChI=1S/C28H37ClN4O4/c1-18(14-29)15-30-23-8-7-22(31-16-20(35)17-32-10-12-33(13-11-32)19(2)34)24-25(23)27(37)28(3)9-5-4-6-21(28)26(24)36/h4-8,18,20,30-31,35H,9-17H2,1-3H3/t18-,20+,28?/m1/s1. The number of nitrogens with zero attached hydrogens (tertiary/aromatic N) is 2. The summed E-state index contributed by atoms with van der Waals surface area (Å²) < 4.78 is 0. The Morgan fingerprint density at radius 3 is 2.41 bits per heavy atom. The van der Waals surface area contributed by atoms with Crippen molar-refractivity contribution < 1.29 is 19.5 Å². The summed E-state index contributed by atoms with van der Waals surface area (Å²) in [5.74, 6) is 0.513. The van der Waals surface area contributed by atoms with Gasteiger partial charge in [0.2, 0.25) is 5.91 Å². The maximum Gasteiger partial charge on any atom is 0.219 e. The van der Waals surface area contributed by atoms with Crippen LogP contribution in [0.5, 0.6) is 0 Å². The third kappa shape index (κ3) is 5.61. The molecule has 2 aliphatic carbocycles. The van der Waals surface area contributed by atoms with Crippen LogP contribution in [0.4, 0.5) is 11.4 Å². The molecule has 4 rings (SSSR count). The van der Waals surface area contributed by atoms with Crippen molar-refractivity contribution in [3.8, 4) is 0 Å². The predicted octanol–water partition coefficient (Wildman–Crippen LogP) is 3.18. The van der Waals surface area contributed by atoms with Gasteiger partial charge in [-0.15, -0.1) is 11.6 Å². The van der Waals surface area contributed by atoms with E-state index in [2.05, 4.69) is 15.5 Å². The van der Waals surface area contributed by atoms with Crippen LogP contribution in [0.15, 0.2) is 35.9 Å². The molecule has 8 nitrogen and oxygen atoms in total. The molecule has 0 saturated carbocycles. The topological polar surface area (TPSA) is 102 Å². The number of rotatable bonds is 9. The quantitative estimate of drug-likeness (QED) is 0.423. The van der Waals surface area contributed by atoms with Gasteiger partial charge in [0.15, 0.2) is 11.6 Å². The van der Waals surface area contributed by atoms with Crippen molar-refractivity contribution in [3.05, 3.63) is 47.1 Å². The average Bonchev–Trinajstić information content (AvgIpc) is 2.89. The Balaban J connectivity index is 1.55. The lowest BCUT2D eigenvalue weighted by molar-refractivity contribution is -0.130. The van der Waals surface area contributed by atoms with Crippen molar-refractivity contribution in [1.29, 1.82) is 0 Å². The second kappa shape index (κ2) is 11.4. The molecular formula is C28H37ClN4O4. The number of alkyl halides is 1. The van der Waals surface area contributed by atoms with Crippen LogP contribution in [0.2, 0.25) is 0 Å². The van der Waals surface area contributed by atoms with Crippen molar-refractivity contribution in [2.45, 2.75) is 33.3 Å². The van der Waals surface area contributed by atoms with Crippen LogP contribution in [-0.2, 0) is 4.79 Å². The molecule has 3 N–H and O–H groups in total. The molecule has 37 heavy (non-hydrogen) atoms. The number of aliphatic hydroxyl groups excluding tert-OH is 1. The zero-order valence-electron chi connectivity index (χ0n) is 21.8. The van der Waals surface area contributed by atoms with Gasteiger partial charge in [-0.2, -0.15) is 0 Å². The number of amides is 1. The lowest BCUT2D eigenvalue weighted by Crippen LogP contribution is -2.50. The lowest BCUT2D eigenvalue weighted by atomic mass is 9.64. The number of Topliss-reactive ketones (excluding diaryl/α,β-unsaturated/α-hetero) is 2. The second-order valence-electron chi connectivity index (χ2n) is 10.6. The molecule has 1 fully saturated rings. The summed E-state index contributed by atoms with van der Waals surface area (Å²) in [4.78, 5) is 43.1. The minimum atomic E-state index is -0.895. The molecule has 1 amide bonds. The lowest BCUT2D eigenvalue weighted by Gasteiger charge is -2.37. The summed E-state index contributed by atoms with van der Waals surface area (Å²) in [5.41, 5.74) is 1.55. The fourth-order valence-corrected chi connectivity index (χ4v) is 5.37. The number of β-amino-alcohol motifs (C(OH)–C–C–N with tert-alkyl or cyclic N) is 1. The first-order valence-corrected chi connectivity index (χ1v) is 13.5. The van der Waals surface area contributed by atoms with E-state index in [-0.39, 0.29) is 29.9 Å². The molecule has 1 unspecified atom stereocenters. The van der Waals surface area contributed by atoms with Crippen LogP contribution in [-0.4, -0.2) is 90.2 Å². The van der Waals surface area contributed by atoms with Crippen LogP contribution >= 0.6 is 11.6 Å². The predicted molar refractivity (Wildman–Crippen MR) is 147 cm³/mol. The van der Waals surface area contributed by atoms with Gasteiger partial charge < -0.3 is 20.6 Å². The average molecular weight is 529 g/mol. The van der Waals surface area contributed by atoms with E-state index >= 15 is 0 Å². The van der Waals surface area contributed by atoms with E-state index in [1.54, 1.807) is 19.1 Å². The maximum absolute atomic E-state index is 13.9. The molecule has 1 saturated heterocycles. The Kier molecular flexibility index (Phi) is 8.41. The van der Waals surface area contributed by atoms with Gasteiger partial charge in [0.1, 0.15) is 0 Å². The molecule has 9 heteroatoms. The van der Waals surface area contributed by atoms with E-state index < -0.39 is 11.5 Å². The first kappa shape index (κ1) is 27.4. The third-order valence-corrected chi connectivity index (χ3v) is 8.17. The number of ketones is 2. The van der Waals surface area contributed by atoms with E-state index in [0.717, 1.165) is 0 Å². The summed E-state index contributed by atoms with van der Waals surface area (Å²) in [5, 5.41) is 17.3. The normalized spacial score (nSPS) is 23.2. The highest BCUT2D eigenvalue weighted by Gasteiger charge is 2.48. The summed E-state index contributed by atoms with van der Waals surface area (Å²) in [6.07, 6.45) is 5.31. The number of piperazine rings is 1. The molecule has 1 aromatic carbocycles. The number of anilines is 2. The molecule has 1 aliphatic heterocycles. The van der Waals surface area contributed by atoms with Crippen LogP contribution in [0, 0.1) is 11.3 Å². The fraction of sp³-hybridized carbons (Fsp3) is 0.536. The monoisotopic (exact) mass is 528 g/mol. The Morgan fingerprint density at radius 1 is 1.11 bits per heavy atom. The number of halogens is 1. The summed E-state index contributed by atoms with van der Waals surface area (Å²) in [6, 6.07) is 3.63. The number of hydrogen-bond donors (Lipinski definition) is 3. The number of aliphatic hydroxyl groups is 1. The Labute approximate surface area is 223 Å². The van der Waals surface area contributed by atoms with Crippen LogP contribution in [0.1, 0.15) is 47.9 Å². The smallest absolute Gasteiger partial charge is 0.219 e. The second-order valence-corrected chi connectivity index (χ2v) is 10.9. The van der Waals surface area contributed by atoms with Gasteiger partial charge in [-0.05, 0) is 31.4 Å². The SMILES string of the molecule is CC(=O)N1CCN(C[C@@H](O)CNc2ccc(NC[C@H](C)CCl)c3c2C(=O)C2=CC=CCC2(C)C3=O)CC1. The van der Waals surface area contributed by atoms with Gasteiger partial charge >= 0.3 is 0 Å². The number of allylic oxidation sites excluding steroid dienone is 4. The number of hydrogen-bond acceptors (Lipinski definition) is 7.